The number of hydrogen-bond donors (Lipinski definition) is 0. The molecule has 0 radical (unpaired) electrons. The molecule has 0 spiro atoms. The lowest BCUT2D eigenvalue weighted by molar-refractivity contribution is -0.958. The number of quaternary nitrogens is 1. The highest BCUT2D eigenvalue weighted by Gasteiger charge is 2.53. The maximum Gasteiger partial charge on any atom is 0.864 e. The summed E-state index contributed by atoms with van der Waals surface area (Å²) in [6, 6.07) is -2.24. The average molecular weight is 828 g/mol. The fourth-order valence-electron chi connectivity index (χ4n) is 4.84. The molecule has 3 rings (SSSR count). The molecule has 5 nitrogen and oxygen atoms in total. The Balaban J connectivity index is 2.50. The zero-order valence-electron chi connectivity index (χ0n) is 28.3. The van der Waals surface area contributed by atoms with Crippen molar-refractivity contribution >= 4 is 7.32 Å². The first-order chi connectivity index (χ1) is 24.5. The second-order valence-corrected chi connectivity index (χ2v) is 12.4. The van der Waals surface area contributed by atoms with Gasteiger partial charge in [0.1, 0.15) is 17.2 Å². The maximum absolute atomic E-state index is 14.6. The molecule has 1 unspecified atom stereocenters. The van der Waals surface area contributed by atoms with Crippen LogP contribution in [-0.2, 0) is 47.5 Å². The molecule has 0 aliphatic rings. The Bertz CT molecular complexity index is 1700. The van der Waals surface area contributed by atoms with Gasteiger partial charge >= 0.3 is 44.4 Å². The van der Waals surface area contributed by atoms with Crippen LogP contribution >= 0.6 is 0 Å². The molecule has 0 amide bonds. The van der Waals surface area contributed by atoms with Crippen LogP contribution in [0.2, 0.25) is 0 Å². The van der Waals surface area contributed by atoms with Gasteiger partial charge in [-0.1, -0.05) is 0 Å². The predicted molar refractivity (Wildman–Crippen MR) is 154 cm³/mol. The number of rotatable bonds is 10. The van der Waals surface area contributed by atoms with Crippen molar-refractivity contribution in [3.63, 3.8) is 0 Å². The lowest BCUT2D eigenvalue weighted by Gasteiger charge is -2.44. The van der Waals surface area contributed by atoms with E-state index in [1.807, 2.05) is 0 Å². The van der Waals surface area contributed by atoms with E-state index in [0.29, 0.717) is 0 Å². The third kappa shape index (κ3) is 10.8. The van der Waals surface area contributed by atoms with E-state index < -0.39 is 136 Å². The van der Waals surface area contributed by atoms with E-state index in [2.05, 4.69) is 0 Å². The van der Waals surface area contributed by atoms with Gasteiger partial charge in [-0.25, -0.2) is 0 Å². The van der Waals surface area contributed by atoms with Crippen molar-refractivity contribution in [2.24, 2.45) is 0 Å². The number of benzene rings is 3. The van der Waals surface area contributed by atoms with Crippen molar-refractivity contribution in [2.75, 3.05) is 27.7 Å². The topological polar surface area (TPSA) is 36.9 Å². The van der Waals surface area contributed by atoms with E-state index in [0.717, 1.165) is 6.92 Å². The third-order valence-electron chi connectivity index (χ3n) is 7.71. The summed E-state index contributed by atoms with van der Waals surface area (Å²) in [5.74, 6) is -4.89. The molecule has 3 aromatic carbocycles. The van der Waals surface area contributed by atoms with Crippen LogP contribution in [0, 0.1) is 0 Å². The lowest BCUT2D eigenvalue weighted by atomic mass is 9.91. The normalized spacial score (nSPS) is 14.7. The van der Waals surface area contributed by atoms with Gasteiger partial charge in [-0.05, 0) is 55.5 Å². The molecule has 0 fully saturated rings. The van der Waals surface area contributed by atoms with Crippen LogP contribution < -0.4 is 14.0 Å². The van der Waals surface area contributed by atoms with Crippen molar-refractivity contribution in [2.45, 2.75) is 56.6 Å². The zero-order valence-corrected chi connectivity index (χ0v) is 28.3. The van der Waals surface area contributed by atoms with Crippen LogP contribution in [0.25, 0.3) is 0 Å². The molecular weight excluding hydrogens is 803 g/mol. The minimum absolute atomic E-state index is 0.155. The van der Waals surface area contributed by atoms with Crippen molar-refractivity contribution in [3.05, 3.63) is 87.5 Å². The number of ether oxygens (including phenoxy) is 1. The molecular formula is C31H25BF18NO4+. The summed E-state index contributed by atoms with van der Waals surface area (Å²) < 4.78 is 269. The van der Waals surface area contributed by atoms with Crippen molar-refractivity contribution in [3.8, 4) is 17.2 Å². The molecule has 0 saturated heterocycles. The van der Waals surface area contributed by atoms with E-state index in [4.69, 9.17) is 18.7 Å². The summed E-state index contributed by atoms with van der Waals surface area (Å²) >= 11 is 0. The van der Waals surface area contributed by atoms with E-state index >= 15 is 0 Å². The summed E-state index contributed by atoms with van der Waals surface area (Å²) in [5.41, 5.74) is -16.6. The molecule has 24 heteroatoms. The molecule has 1 atom stereocenters. The van der Waals surface area contributed by atoms with Gasteiger partial charge in [0, 0.05) is 6.92 Å². The van der Waals surface area contributed by atoms with Gasteiger partial charge in [0.15, 0.2) is 0 Å². The van der Waals surface area contributed by atoms with Crippen LogP contribution in [0.3, 0.4) is 0 Å². The van der Waals surface area contributed by atoms with Crippen LogP contribution in [0.4, 0.5) is 79.0 Å². The van der Waals surface area contributed by atoms with Crippen LogP contribution in [0.1, 0.15) is 52.8 Å². The number of hydrogen-bond acceptors (Lipinski definition) is 4. The Morgan fingerprint density at radius 2 is 0.800 bits per heavy atom. The number of alkyl halides is 18. The monoisotopic (exact) mass is 828 g/mol. The van der Waals surface area contributed by atoms with Crippen molar-refractivity contribution in [1.29, 1.82) is 0 Å². The quantitative estimate of drug-likeness (QED) is 0.0883. The fraction of sp³-hybridized carbons (Fsp3) is 0.419. The molecule has 0 aliphatic carbocycles. The van der Waals surface area contributed by atoms with Gasteiger partial charge in [0.05, 0.1) is 66.7 Å². The Morgan fingerprint density at radius 3 is 1.07 bits per heavy atom. The molecule has 0 N–H and O–H groups in total. The summed E-state index contributed by atoms with van der Waals surface area (Å²) in [6.07, 6.45) is -33.8. The molecule has 0 bridgehead atoms. The van der Waals surface area contributed by atoms with Gasteiger partial charge in [-0.3, -0.25) is 4.48 Å². The zero-order chi connectivity index (χ0) is 42.5. The second kappa shape index (κ2) is 14.7. The lowest BCUT2D eigenvalue weighted by Crippen LogP contribution is -2.55. The third-order valence-corrected chi connectivity index (χ3v) is 7.71. The van der Waals surface area contributed by atoms with Gasteiger partial charge in [-0.15, -0.1) is 0 Å². The highest BCUT2D eigenvalue weighted by molar-refractivity contribution is 6.39. The minimum Gasteiger partial charge on any atom is -0.490 e. The molecule has 306 valence electrons. The van der Waals surface area contributed by atoms with E-state index in [9.17, 15) is 79.0 Å². The van der Waals surface area contributed by atoms with E-state index in [1.165, 1.54) is 28.1 Å². The van der Waals surface area contributed by atoms with Crippen molar-refractivity contribution < 1.29 is 102 Å². The first kappa shape index (κ1) is 45.2. The summed E-state index contributed by atoms with van der Waals surface area (Å²) in [5, 5.41) is 0. The highest BCUT2D eigenvalue weighted by Crippen LogP contribution is 2.49. The van der Waals surface area contributed by atoms with Crippen LogP contribution in [-0.4, -0.2) is 39.6 Å². The molecule has 0 aliphatic heterocycles. The summed E-state index contributed by atoms with van der Waals surface area (Å²) in [4.78, 5) is 0. The molecule has 0 heterocycles. The number of nitrogens with zero attached hydrogens (tertiary/aromatic N) is 1. The maximum atomic E-state index is 14.6. The van der Waals surface area contributed by atoms with Gasteiger partial charge < -0.3 is 18.7 Å². The molecule has 55 heavy (non-hydrogen) atoms. The van der Waals surface area contributed by atoms with Crippen LogP contribution in [0.15, 0.2) is 48.5 Å². The smallest absolute Gasteiger partial charge is 0.490 e. The standard InChI is InChI=1S/C31H25BF18NO4/c1-6-52-25(2,51(3,4)5)24-22(31(48,49)50)13-19(30(45,46)47)14-23(24)55-32(53-20-9-15(26(33,34)35)7-16(10-20)27(36,37)38)54-21-11-17(28(39,40)41)8-18(12-21)29(42,43)44/h7-14H,6H2,1-5H3/q+1. The van der Waals surface area contributed by atoms with Crippen molar-refractivity contribution in [1.82, 2.24) is 0 Å². The summed E-state index contributed by atoms with van der Waals surface area (Å²) in [7, 11) is 0.176. The average Bonchev–Trinajstić information content (AvgIpc) is 2.97. The van der Waals surface area contributed by atoms with Crippen LogP contribution in [0.5, 0.6) is 17.2 Å². The van der Waals surface area contributed by atoms with Gasteiger partial charge in [-0.2, -0.15) is 79.0 Å². The first-order valence-corrected chi connectivity index (χ1v) is 14.9. The largest absolute Gasteiger partial charge is 0.864 e. The second-order valence-electron chi connectivity index (χ2n) is 12.4. The minimum atomic E-state index is -5.73. The summed E-state index contributed by atoms with van der Waals surface area (Å²) in [6.45, 7) is 1.66. The molecule has 0 saturated carbocycles. The van der Waals surface area contributed by atoms with Gasteiger partial charge in [0.2, 0.25) is 5.72 Å². The van der Waals surface area contributed by atoms with E-state index in [1.54, 1.807) is 0 Å². The molecule has 3 aromatic rings. The fourth-order valence-corrected chi connectivity index (χ4v) is 4.84. The molecule has 0 aromatic heterocycles. The highest BCUT2D eigenvalue weighted by atomic mass is 19.4. The Hall–Kier alpha value is -4.22. The van der Waals surface area contributed by atoms with Gasteiger partial charge in [0.25, 0.3) is 0 Å². The number of halogens is 18. The Morgan fingerprint density at radius 1 is 0.473 bits per heavy atom. The van der Waals surface area contributed by atoms with E-state index in [-0.39, 0.29) is 30.3 Å². The first-order valence-electron chi connectivity index (χ1n) is 14.9. The Kier molecular flexibility index (Phi) is 12.1. The predicted octanol–water partition coefficient (Wildman–Crippen LogP) is 11.2. The SMILES string of the molecule is CCOC(C)(c1c(OB(Oc2cc(C(F)(F)F)cc(C(F)(F)F)c2)Oc2cc(C(F)(F)F)cc(C(F)(F)F)c2)cc(C(F)(F)F)cc1C(F)(F)F)[N+](C)(C)C. The Labute approximate surface area is 299 Å².